The summed E-state index contributed by atoms with van der Waals surface area (Å²) < 4.78 is 57.8. The molecule has 0 spiro atoms. The maximum Gasteiger partial charge on any atom is 0.433 e. The zero-order valence-corrected chi connectivity index (χ0v) is 16.1. The summed E-state index contributed by atoms with van der Waals surface area (Å²) in [6.45, 7) is -0.174. The lowest BCUT2D eigenvalue weighted by Crippen LogP contribution is -2.12. The smallest absolute Gasteiger partial charge is 0.433 e. The molecule has 0 atom stereocenters. The summed E-state index contributed by atoms with van der Waals surface area (Å²) in [7, 11) is 0. The van der Waals surface area contributed by atoms with Gasteiger partial charge >= 0.3 is 6.18 Å². The molecule has 0 unspecified atom stereocenters. The van der Waals surface area contributed by atoms with Crippen LogP contribution in [0.1, 0.15) is 22.4 Å². The normalized spacial score (nSPS) is 10.7. The van der Waals surface area contributed by atoms with Gasteiger partial charge in [0, 0.05) is 18.2 Å². The van der Waals surface area contributed by atoms with Crippen molar-refractivity contribution in [2.24, 2.45) is 5.73 Å². The Kier molecular flexibility index (Phi) is 7.72. The van der Waals surface area contributed by atoms with E-state index in [1.807, 2.05) is 12.1 Å². The van der Waals surface area contributed by atoms with Crippen molar-refractivity contribution in [1.29, 1.82) is 0 Å². The molecule has 0 aliphatic heterocycles. The number of halogens is 4. The van der Waals surface area contributed by atoms with Gasteiger partial charge in [0.15, 0.2) is 5.69 Å². The zero-order chi connectivity index (χ0) is 23.0. The number of hydrogen-bond acceptors (Lipinski definition) is 6. The number of ether oxygens (including phenoxy) is 1. The fourth-order valence-electron chi connectivity index (χ4n) is 2.50. The molecule has 164 valence electrons. The van der Waals surface area contributed by atoms with Crippen LogP contribution in [0.5, 0.6) is 5.88 Å². The summed E-state index contributed by atoms with van der Waals surface area (Å²) in [4.78, 5) is 15.3. The Labute approximate surface area is 174 Å². The van der Waals surface area contributed by atoms with Crippen LogP contribution < -0.4 is 21.9 Å². The molecule has 1 heterocycles. The van der Waals surface area contributed by atoms with E-state index < -0.39 is 23.6 Å². The largest absolute Gasteiger partial charge is 0.473 e. The van der Waals surface area contributed by atoms with Gasteiger partial charge in [-0.25, -0.2) is 9.37 Å². The number of alkyl halides is 3. The van der Waals surface area contributed by atoms with Gasteiger partial charge in [-0.05, 0) is 34.9 Å². The van der Waals surface area contributed by atoms with Crippen molar-refractivity contribution >= 4 is 18.0 Å². The second kappa shape index (κ2) is 10.2. The van der Waals surface area contributed by atoms with E-state index in [0.29, 0.717) is 29.3 Å². The van der Waals surface area contributed by atoms with Crippen LogP contribution in [0.3, 0.4) is 0 Å². The first kappa shape index (κ1) is 23.4. The Morgan fingerprint density at radius 3 is 2.16 bits per heavy atom. The van der Waals surface area contributed by atoms with Crippen molar-refractivity contribution in [3.05, 3.63) is 76.7 Å². The highest BCUT2D eigenvalue weighted by Gasteiger charge is 2.33. The van der Waals surface area contributed by atoms with Crippen molar-refractivity contribution in [2.45, 2.75) is 19.2 Å². The lowest BCUT2D eigenvalue weighted by Gasteiger charge is -2.11. The van der Waals surface area contributed by atoms with Gasteiger partial charge in [0.25, 0.3) is 0 Å². The predicted molar refractivity (Wildman–Crippen MR) is 106 cm³/mol. The van der Waals surface area contributed by atoms with Crippen LogP contribution in [0.4, 0.5) is 29.2 Å². The van der Waals surface area contributed by atoms with E-state index in [1.54, 1.807) is 24.3 Å². The predicted octanol–water partition coefficient (Wildman–Crippen LogP) is 3.07. The van der Waals surface area contributed by atoms with Gasteiger partial charge in [0.1, 0.15) is 12.4 Å². The number of carbonyl (C=O) groups is 1. The van der Waals surface area contributed by atoms with Crippen LogP contribution in [0.2, 0.25) is 0 Å². The van der Waals surface area contributed by atoms with Crippen molar-refractivity contribution in [2.75, 3.05) is 11.5 Å². The number of amides is 1. The Hall–Kier alpha value is -3.89. The highest BCUT2D eigenvalue weighted by atomic mass is 19.4. The molecule has 0 saturated heterocycles. The molecule has 0 aliphatic rings. The van der Waals surface area contributed by atoms with Crippen molar-refractivity contribution in [3.8, 4) is 5.88 Å². The Morgan fingerprint density at radius 2 is 1.58 bits per heavy atom. The molecule has 0 radical (unpaired) electrons. The fourth-order valence-corrected chi connectivity index (χ4v) is 2.50. The van der Waals surface area contributed by atoms with Crippen molar-refractivity contribution < 1.29 is 27.1 Å². The number of nitrogens with zero attached hydrogens (tertiary/aromatic N) is 2. The van der Waals surface area contributed by atoms with Gasteiger partial charge in [-0.3, -0.25) is 4.79 Å². The lowest BCUT2D eigenvalue weighted by molar-refractivity contribution is -0.141. The highest BCUT2D eigenvalue weighted by molar-refractivity contribution is 5.42. The lowest BCUT2D eigenvalue weighted by atomic mass is 10.0. The molecule has 1 aromatic heterocycles. The minimum atomic E-state index is -4.68. The Bertz CT molecular complexity index is 1030. The summed E-state index contributed by atoms with van der Waals surface area (Å²) in [5, 5.41) is 0. The van der Waals surface area contributed by atoms with E-state index in [9.17, 15) is 17.6 Å². The molecule has 2 aromatic carbocycles. The minimum Gasteiger partial charge on any atom is -0.473 e. The van der Waals surface area contributed by atoms with Crippen LogP contribution in [0.15, 0.2) is 48.5 Å². The summed E-state index contributed by atoms with van der Waals surface area (Å²) in [6.07, 6.45) is -4.05. The van der Waals surface area contributed by atoms with E-state index in [2.05, 4.69) is 15.7 Å². The second-order valence-corrected chi connectivity index (χ2v) is 6.22. The average molecular weight is 437 g/mol. The topological polar surface area (TPSA) is 130 Å². The van der Waals surface area contributed by atoms with Crippen molar-refractivity contribution in [1.82, 2.24) is 9.97 Å². The SMILES string of the molecule is NC=O.Nc1ccc(Cc2ccc(COc3cc(C(F)(F)F)nc(N)n3)cc2F)cc1. The molecular weight excluding hydrogens is 418 g/mol. The third kappa shape index (κ3) is 7.14. The highest BCUT2D eigenvalue weighted by Crippen LogP contribution is 2.30. The molecule has 31 heavy (non-hydrogen) atoms. The monoisotopic (exact) mass is 437 g/mol. The average Bonchev–Trinajstić information content (AvgIpc) is 2.69. The molecule has 11 heteroatoms. The Morgan fingerprint density at radius 1 is 0.968 bits per heavy atom. The van der Waals surface area contributed by atoms with Gasteiger partial charge in [-0.1, -0.05) is 24.3 Å². The molecule has 3 aromatic rings. The molecule has 0 bridgehead atoms. The number of anilines is 2. The maximum atomic E-state index is 14.4. The molecule has 0 fully saturated rings. The summed E-state index contributed by atoms with van der Waals surface area (Å²) >= 11 is 0. The van der Waals surface area contributed by atoms with E-state index in [0.717, 1.165) is 5.56 Å². The first-order valence-electron chi connectivity index (χ1n) is 8.74. The summed E-state index contributed by atoms with van der Waals surface area (Å²) in [6, 6.07) is 12.2. The molecule has 1 amide bonds. The van der Waals surface area contributed by atoms with Crippen molar-refractivity contribution in [3.63, 3.8) is 0 Å². The zero-order valence-electron chi connectivity index (χ0n) is 16.1. The molecule has 0 saturated carbocycles. The standard InChI is InChI=1S/C19H16F4N4O.CH3NO/c20-15-8-12(1-4-13(15)7-11-2-5-14(24)6-3-11)10-28-17-9-16(19(21,22)23)26-18(25)27-17;2-1-3/h1-6,8-9H,7,10,24H2,(H2,25,26,27);1H,(H2,2,3). The van der Waals surface area contributed by atoms with Crippen LogP contribution in [-0.4, -0.2) is 16.4 Å². The number of aromatic nitrogens is 2. The number of benzene rings is 2. The molecule has 7 nitrogen and oxygen atoms in total. The number of nitrogens with two attached hydrogens (primary N) is 3. The van der Waals surface area contributed by atoms with Gasteiger partial charge in [0.05, 0.1) is 0 Å². The van der Waals surface area contributed by atoms with Gasteiger partial charge in [-0.15, -0.1) is 0 Å². The third-order valence-electron chi connectivity index (χ3n) is 3.89. The van der Waals surface area contributed by atoms with E-state index >= 15 is 0 Å². The molecule has 0 aliphatic carbocycles. The third-order valence-corrected chi connectivity index (χ3v) is 3.89. The van der Waals surface area contributed by atoms with Crippen LogP contribution in [0, 0.1) is 5.82 Å². The maximum absolute atomic E-state index is 14.4. The van der Waals surface area contributed by atoms with Gasteiger partial charge in [0.2, 0.25) is 18.2 Å². The van der Waals surface area contributed by atoms with Gasteiger partial charge < -0.3 is 21.9 Å². The number of hydrogen-bond donors (Lipinski definition) is 3. The molecule has 6 N–H and O–H groups in total. The number of nitrogen functional groups attached to an aromatic ring is 2. The van der Waals surface area contributed by atoms with Crippen LogP contribution >= 0.6 is 0 Å². The van der Waals surface area contributed by atoms with Gasteiger partial charge in [-0.2, -0.15) is 18.2 Å². The molecule has 3 rings (SSSR count). The second-order valence-electron chi connectivity index (χ2n) is 6.22. The van der Waals surface area contributed by atoms with Crippen LogP contribution in [0.25, 0.3) is 0 Å². The van der Waals surface area contributed by atoms with E-state index in [1.165, 1.54) is 6.07 Å². The number of carbonyl (C=O) groups excluding carboxylic acids is 1. The number of rotatable bonds is 5. The minimum absolute atomic E-state index is 0.174. The quantitative estimate of drug-likeness (QED) is 0.320. The van der Waals surface area contributed by atoms with Crippen LogP contribution in [-0.2, 0) is 24.0 Å². The Balaban J connectivity index is 0.00000107. The van der Waals surface area contributed by atoms with E-state index in [4.69, 9.17) is 21.0 Å². The summed E-state index contributed by atoms with van der Waals surface area (Å²) in [5.74, 6) is -1.35. The number of primary amides is 1. The first-order valence-corrected chi connectivity index (χ1v) is 8.74. The molecular formula is C20H19F4N5O2. The summed E-state index contributed by atoms with van der Waals surface area (Å²) in [5.41, 5.74) is 16.3. The van der Waals surface area contributed by atoms with E-state index in [-0.39, 0.29) is 18.9 Å². The first-order chi connectivity index (χ1) is 14.6. The fraction of sp³-hybridized carbons (Fsp3) is 0.150.